The average molecular weight is 358 g/mol. The summed E-state index contributed by atoms with van der Waals surface area (Å²) >= 11 is 0. The first-order valence-corrected chi connectivity index (χ1v) is 8.39. The molecular formula is C23H18O4. The predicted octanol–water partition coefficient (Wildman–Crippen LogP) is 4.81. The highest BCUT2D eigenvalue weighted by molar-refractivity contribution is 6.06. The first-order chi connectivity index (χ1) is 13.2. The molecule has 0 amide bonds. The van der Waals surface area contributed by atoms with Gasteiger partial charge in [-0.05, 0) is 48.0 Å². The summed E-state index contributed by atoms with van der Waals surface area (Å²) in [7, 11) is 1.56. The van der Waals surface area contributed by atoms with Crippen LogP contribution in [0.5, 0.6) is 11.5 Å². The van der Waals surface area contributed by atoms with Gasteiger partial charge >= 0.3 is 5.97 Å². The molecule has 0 radical (unpaired) electrons. The number of allylic oxidation sites excluding steroid dienone is 1. The highest BCUT2D eigenvalue weighted by atomic mass is 16.5. The molecule has 0 saturated carbocycles. The van der Waals surface area contributed by atoms with Crippen LogP contribution < -0.4 is 9.47 Å². The molecule has 0 aliphatic rings. The molecule has 0 atom stereocenters. The van der Waals surface area contributed by atoms with Crippen molar-refractivity contribution in [3.63, 3.8) is 0 Å². The fourth-order valence-corrected chi connectivity index (χ4v) is 2.45. The van der Waals surface area contributed by atoms with Gasteiger partial charge in [-0.25, -0.2) is 4.79 Å². The normalized spacial score (nSPS) is 10.6. The third-order valence-electron chi connectivity index (χ3n) is 3.88. The first-order valence-electron chi connectivity index (χ1n) is 8.39. The third-order valence-corrected chi connectivity index (χ3v) is 3.88. The Balaban J connectivity index is 1.68. The van der Waals surface area contributed by atoms with E-state index in [1.165, 1.54) is 6.08 Å². The van der Waals surface area contributed by atoms with Crippen LogP contribution >= 0.6 is 0 Å². The van der Waals surface area contributed by atoms with Crippen molar-refractivity contribution in [1.29, 1.82) is 0 Å². The highest BCUT2D eigenvalue weighted by Crippen LogP contribution is 2.18. The molecule has 4 nitrogen and oxygen atoms in total. The second-order valence-corrected chi connectivity index (χ2v) is 5.75. The van der Waals surface area contributed by atoms with Gasteiger partial charge in [-0.1, -0.05) is 48.5 Å². The number of benzene rings is 3. The van der Waals surface area contributed by atoms with E-state index in [0.717, 1.165) is 5.56 Å². The zero-order valence-electron chi connectivity index (χ0n) is 14.8. The van der Waals surface area contributed by atoms with E-state index in [0.29, 0.717) is 22.6 Å². The summed E-state index contributed by atoms with van der Waals surface area (Å²) < 4.78 is 10.5. The van der Waals surface area contributed by atoms with Crippen LogP contribution in [-0.2, 0) is 0 Å². The molecule has 0 unspecified atom stereocenters. The minimum absolute atomic E-state index is 0.0868. The lowest BCUT2D eigenvalue weighted by molar-refractivity contribution is 0.0734. The fraction of sp³-hybridized carbons (Fsp3) is 0.0435. The average Bonchev–Trinajstić information content (AvgIpc) is 2.73. The Morgan fingerprint density at radius 1 is 0.778 bits per heavy atom. The van der Waals surface area contributed by atoms with Crippen LogP contribution in [0.25, 0.3) is 6.08 Å². The Hall–Kier alpha value is -3.66. The topological polar surface area (TPSA) is 52.6 Å². The van der Waals surface area contributed by atoms with Crippen LogP contribution in [0.1, 0.15) is 26.3 Å². The van der Waals surface area contributed by atoms with Crippen molar-refractivity contribution in [1.82, 2.24) is 0 Å². The van der Waals surface area contributed by atoms with Crippen molar-refractivity contribution in [2.24, 2.45) is 0 Å². The Bertz CT molecular complexity index is 957. The molecular weight excluding hydrogens is 340 g/mol. The SMILES string of the molecule is COc1ccc(C(=O)Oc2cccc(/C=C/C(=O)c3ccccc3)c2)cc1. The number of ketones is 1. The molecule has 3 aromatic carbocycles. The number of hydrogen-bond acceptors (Lipinski definition) is 4. The van der Waals surface area contributed by atoms with E-state index >= 15 is 0 Å². The number of methoxy groups -OCH3 is 1. The van der Waals surface area contributed by atoms with Crippen molar-refractivity contribution in [2.75, 3.05) is 7.11 Å². The lowest BCUT2D eigenvalue weighted by Gasteiger charge is -2.06. The van der Waals surface area contributed by atoms with Crippen molar-refractivity contribution in [3.05, 3.63) is 102 Å². The molecule has 27 heavy (non-hydrogen) atoms. The monoisotopic (exact) mass is 358 g/mol. The van der Waals surface area contributed by atoms with Crippen LogP contribution in [0.15, 0.2) is 84.9 Å². The summed E-state index contributed by atoms with van der Waals surface area (Å²) in [5.41, 5.74) is 1.81. The summed E-state index contributed by atoms with van der Waals surface area (Å²) in [6.07, 6.45) is 3.19. The van der Waals surface area contributed by atoms with E-state index in [-0.39, 0.29) is 5.78 Å². The molecule has 0 aromatic heterocycles. The molecule has 0 N–H and O–H groups in total. The number of carbonyl (C=O) groups excluding carboxylic acids is 2. The first kappa shape index (κ1) is 18.1. The molecule has 0 saturated heterocycles. The largest absolute Gasteiger partial charge is 0.497 e. The molecule has 0 fully saturated rings. The van der Waals surface area contributed by atoms with E-state index in [4.69, 9.17) is 9.47 Å². The van der Waals surface area contributed by atoms with E-state index in [1.807, 2.05) is 24.3 Å². The molecule has 3 aromatic rings. The molecule has 0 spiro atoms. The van der Waals surface area contributed by atoms with Gasteiger partial charge < -0.3 is 9.47 Å². The van der Waals surface area contributed by atoms with Gasteiger partial charge in [0.25, 0.3) is 0 Å². The zero-order valence-corrected chi connectivity index (χ0v) is 14.8. The number of carbonyl (C=O) groups is 2. The lowest BCUT2D eigenvalue weighted by atomic mass is 10.1. The molecule has 0 bridgehead atoms. The van der Waals surface area contributed by atoms with Crippen LogP contribution in [0, 0.1) is 0 Å². The zero-order chi connectivity index (χ0) is 19.1. The van der Waals surface area contributed by atoms with Gasteiger partial charge in [-0.2, -0.15) is 0 Å². The number of hydrogen-bond donors (Lipinski definition) is 0. The fourth-order valence-electron chi connectivity index (χ4n) is 2.45. The molecule has 0 heterocycles. The number of esters is 1. The molecule has 0 aliphatic heterocycles. The Labute approximate surface area is 157 Å². The maximum atomic E-state index is 12.2. The standard InChI is InChI=1S/C23H18O4/c1-26-20-13-11-19(12-14-20)23(25)27-21-9-5-6-17(16-21)10-15-22(24)18-7-3-2-4-8-18/h2-16H,1H3/b15-10+. The molecule has 0 aliphatic carbocycles. The Morgan fingerprint density at radius 2 is 1.52 bits per heavy atom. The predicted molar refractivity (Wildman–Crippen MR) is 104 cm³/mol. The van der Waals surface area contributed by atoms with Crippen molar-refractivity contribution in [3.8, 4) is 11.5 Å². The smallest absolute Gasteiger partial charge is 0.343 e. The van der Waals surface area contributed by atoms with Crippen LogP contribution in [0.3, 0.4) is 0 Å². The maximum absolute atomic E-state index is 12.2. The number of ether oxygens (including phenoxy) is 2. The molecule has 3 rings (SSSR count). The van der Waals surface area contributed by atoms with Crippen LogP contribution in [0.2, 0.25) is 0 Å². The quantitative estimate of drug-likeness (QED) is 0.275. The molecule has 4 heteroatoms. The van der Waals surface area contributed by atoms with Gasteiger partial charge in [0.05, 0.1) is 12.7 Å². The van der Waals surface area contributed by atoms with Crippen molar-refractivity contribution in [2.45, 2.75) is 0 Å². The van der Waals surface area contributed by atoms with Gasteiger partial charge in [0.15, 0.2) is 5.78 Å². The summed E-state index contributed by atoms with van der Waals surface area (Å²) in [6.45, 7) is 0. The second-order valence-electron chi connectivity index (χ2n) is 5.75. The van der Waals surface area contributed by atoms with Gasteiger partial charge in [0.1, 0.15) is 11.5 Å². The van der Waals surface area contributed by atoms with E-state index < -0.39 is 5.97 Å². The van der Waals surface area contributed by atoms with E-state index in [2.05, 4.69) is 0 Å². The van der Waals surface area contributed by atoms with E-state index in [1.54, 1.807) is 67.8 Å². The van der Waals surface area contributed by atoms with Crippen LogP contribution in [-0.4, -0.2) is 18.9 Å². The number of rotatable bonds is 6. The highest BCUT2D eigenvalue weighted by Gasteiger charge is 2.09. The second kappa shape index (κ2) is 8.63. The van der Waals surface area contributed by atoms with Crippen molar-refractivity contribution >= 4 is 17.8 Å². The molecule has 134 valence electrons. The van der Waals surface area contributed by atoms with Gasteiger partial charge in [-0.15, -0.1) is 0 Å². The minimum Gasteiger partial charge on any atom is -0.497 e. The summed E-state index contributed by atoms with van der Waals surface area (Å²) in [5.74, 6) is 0.530. The Kier molecular flexibility index (Phi) is 5.80. The van der Waals surface area contributed by atoms with Crippen LogP contribution in [0.4, 0.5) is 0 Å². The Morgan fingerprint density at radius 3 is 2.22 bits per heavy atom. The van der Waals surface area contributed by atoms with Gasteiger partial charge in [-0.3, -0.25) is 4.79 Å². The minimum atomic E-state index is -0.459. The third kappa shape index (κ3) is 4.92. The van der Waals surface area contributed by atoms with Gasteiger partial charge in [0.2, 0.25) is 0 Å². The van der Waals surface area contributed by atoms with Crippen molar-refractivity contribution < 1.29 is 19.1 Å². The summed E-state index contributed by atoms with van der Waals surface area (Å²) in [4.78, 5) is 24.4. The lowest BCUT2D eigenvalue weighted by Crippen LogP contribution is -2.08. The van der Waals surface area contributed by atoms with E-state index in [9.17, 15) is 9.59 Å². The van der Waals surface area contributed by atoms with Gasteiger partial charge in [0, 0.05) is 5.56 Å². The summed E-state index contributed by atoms with van der Waals surface area (Å²) in [6, 6.07) is 22.7. The maximum Gasteiger partial charge on any atom is 0.343 e. The summed E-state index contributed by atoms with van der Waals surface area (Å²) in [5, 5.41) is 0.